The molecule has 5 nitrogen and oxygen atoms in total. The molecule has 0 aliphatic rings. The van der Waals surface area contributed by atoms with Crippen LogP contribution in [0.2, 0.25) is 0 Å². The number of aromatic nitrogens is 4. The van der Waals surface area contributed by atoms with Crippen molar-refractivity contribution in [2.75, 3.05) is 19.5 Å². The zero-order valence-corrected chi connectivity index (χ0v) is 12.3. The molecule has 2 rings (SSSR count). The fourth-order valence-corrected chi connectivity index (χ4v) is 2.55. The monoisotopic (exact) mass is 278 g/mol. The predicted octanol–water partition coefficient (Wildman–Crippen LogP) is 2.41. The minimum Gasteiger partial charge on any atom is -0.385 e. The van der Waals surface area contributed by atoms with Gasteiger partial charge in [-0.2, -0.15) is 4.68 Å². The van der Waals surface area contributed by atoms with Crippen LogP contribution in [0.15, 0.2) is 23.4 Å². The molecule has 19 heavy (non-hydrogen) atoms. The Morgan fingerprint density at radius 3 is 2.95 bits per heavy atom. The van der Waals surface area contributed by atoms with Crippen LogP contribution in [0.5, 0.6) is 0 Å². The van der Waals surface area contributed by atoms with E-state index in [4.69, 9.17) is 4.74 Å². The molecule has 0 amide bonds. The molecule has 0 fully saturated rings. The molecule has 0 unspecified atom stereocenters. The third-order valence-corrected chi connectivity index (χ3v) is 3.97. The summed E-state index contributed by atoms with van der Waals surface area (Å²) in [5.41, 5.74) is 3.48. The van der Waals surface area contributed by atoms with Gasteiger partial charge in [0.25, 0.3) is 0 Å². The molecule has 0 atom stereocenters. The molecule has 0 saturated heterocycles. The van der Waals surface area contributed by atoms with Gasteiger partial charge in [0.15, 0.2) is 0 Å². The van der Waals surface area contributed by atoms with Crippen molar-refractivity contribution in [3.63, 3.8) is 0 Å². The average molecular weight is 278 g/mol. The van der Waals surface area contributed by atoms with Gasteiger partial charge in [-0.3, -0.25) is 0 Å². The van der Waals surface area contributed by atoms with Gasteiger partial charge in [-0.1, -0.05) is 23.9 Å². The fraction of sp³-hybridized carbons (Fsp3) is 0.462. The van der Waals surface area contributed by atoms with Crippen molar-refractivity contribution in [1.82, 2.24) is 20.2 Å². The number of benzene rings is 1. The van der Waals surface area contributed by atoms with Crippen molar-refractivity contribution in [2.24, 2.45) is 0 Å². The summed E-state index contributed by atoms with van der Waals surface area (Å²) < 4.78 is 6.84. The highest BCUT2D eigenvalue weighted by Gasteiger charge is 2.11. The molecule has 2 aromatic rings. The van der Waals surface area contributed by atoms with Gasteiger partial charge in [-0.05, 0) is 47.9 Å². The Morgan fingerprint density at radius 1 is 1.32 bits per heavy atom. The highest BCUT2D eigenvalue weighted by Crippen LogP contribution is 2.22. The van der Waals surface area contributed by atoms with Gasteiger partial charge in [0.1, 0.15) is 0 Å². The molecule has 1 aromatic heterocycles. The first-order valence-corrected chi connectivity index (χ1v) is 7.19. The maximum atomic E-state index is 5.04. The van der Waals surface area contributed by atoms with Crippen LogP contribution >= 0.6 is 11.8 Å². The minimum atomic E-state index is 0.762. The van der Waals surface area contributed by atoms with Gasteiger partial charge in [-0.25, -0.2) is 0 Å². The van der Waals surface area contributed by atoms with Crippen LogP contribution in [0.3, 0.4) is 0 Å². The number of nitrogens with zero attached hydrogens (tertiary/aromatic N) is 4. The lowest BCUT2D eigenvalue weighted by Crippen LogP contribution is -2.03. The van der Waals surface area contributed by atoms with Crippen LogP contribution in [0, 0.1) is 13.8 Å². The lowest BCUT2D eigenvalue weighted by Gasteiger charge is -2.09. The van der Waals surface area contributed by atoms with E-state index in [-0.39, 0.29) is 0 Å². The van der Waals surface area contributed by atoms with Crippen LogP contribution < -0.4 is 0 Å². The number of thioether (sulfide) groups is 1. The number of ether oxygens (including phenoxy) is 1. The Balaban J connectivity index is 2.17. The lowest BCUT2D eigenvalue weighted by atomic mass is 10.1. The lowest BCUT2D eigenvalue weighted by molar-refractivity contribution is 0.200. The molecule has 0 bridgehead atoms. The van der Waals surface area contributed by atoms with Crippen molar-refractivity contribution < 1.29 is 4.74 Å². The highest BCUT2D eigenvalue weighted by molar-refractivity contribution is 7.99. The fourth-order valence-electron chi connectivity index (χ4n) is 1.75. The van der Waals surface area contributed by atoms with E-state index in [1.807, 2.05) is 12.1 Å². The average Bonchev–Trinajstić information content (AvgIpc) is 2.86. The van der Waals surface area contributed by atoms with Gasteiger partial charge in [-0.15, -0.1) is 5.10 Å². The van der Waals surface area contributed by atoms with Gasteiger partial charge in [0, 0.05) is 19.5 Å². The Morgan fingerprint density at radius 2 is 2.16 bits per heavy atom. The molecule has 102 valence electrons. The van der Waals surface area contributed by atoms with E-state index in [9.17, 15) is 0 Å². The zero-order chi connectivity index (χ0) is 13.7. The summed E-state index contributed by atoms with van der Waals surface area (Å²) in [6.45, 7) is 4.94. The second kappa shape index (κ2) is 6.68. The Kier molecular flexibility index (Phi) is 4.93. The minimum absolute atomic E-state index is 0.762. The third kappa shape index (κ3) is 3.33. The summed E-state index contributed by atoms with van der Waals surface area (Å²) in [5, 5.41) is 12.8. The molecule has 0 aliphatic heterocycles. The van der Waals surface area contributed by atoms with E-state index in [0.717, 1.165) is 29.6 Å². The second-order valence-corrected chi connectivity index (χ2v) is 5.35. The van der Waals surface area contributed by atoms with Gasteiger partial charge < -0.3 is 4.74 Å². The van der Waals surface area contributed by atoms with Gasteiger partial charge in [0.2, 0.25) is 5.16 Å². The summed E-state index contributed by atoms with van der Waals surface area (Å²) in [7, 11) is 1.71. The van der Waals surface area contributed by atoms with E-state index in [2.05, 4.69) is 35.4 Å². The molecule has 6 heteroatoms. The Hall–Kier alpha value is -1.40. The largest absolute Gasteiger partial charge is 0.385 e. The molecular formula is C13H18N4OS. The molecule has 0 radical (unpaired) electrons. The summed E-state index contributed by atoms with van der Waals surface area (Å²) in [6.07, 6.45) is 0.987. The molecule has 1 aromatic carbocycles. The van der Waals surface area contributed by atoms with Crippen molar-refractivity contribution in [3.8, 4) is 5.69 Å². The van der Waals surface area contributed by atoms with Crippen LogP contribution in [0.4, 0.5) is 0 Å². The number of aryl methyl sites for hydroxylation is 1. The van der Waals surface area contributed by atoms with Crippen molar-refractivity contribution in [1.29, 1.82) is 0 Å². The van der Waals surface area contributed by atoms with Crippen molar-refractivity contribution >= 4 is 11.8 Å². The van der Waals surface area contributed by atoms with E-state index in [1.54, 1.807) is 23.6 Å². The smallest absolute Gasteiger partial charge is 0.214 e. The van der Waals surface area contributed by atoms with Crippen LogP contribution in [-0.2, 0) is 4.74 Å². The summed E-state index contributed by atoms with van der Waals surface area (Å²) in [5.74, 6) is 0.944. The van der Waals surface area contributed by atoms with E-state index in [0.29, 0.717) is 0 Å². The second-order valence-electron chi connectivity index (χ2n) is 4.29. The summed E-state index contributed by atoms with van der Waals surface area (Å²) >= 11 is 1.65. The van der Waals surface area contributed by atoms with Crippen LogP contribution in [0.25, 0.3) is 5.69 Å². The normalized spacial score (nSPS) is 10.9. The Labute approximate surface area is 117 Å². The predicted molar refractivity (Wildman–Crippen MR) is 75.8 cm³/mol. The molecular weight excluding hydrogens is 260 g/mol. The first-order chi connectivity index (χ1) is 9.24. The third-order valence-electron chi connectivity index (χ3n) is 2.97. The van der Waals surface area contributed by atoms with Crippen molar-refractivity contribution in [3.05, 3.63) is 29.3 Å². The van der Waals surface area contributed by atoms with E-state index < -0.39 is 0 Å². The van der Waals surface area contributed by atoms with E-state index >= 15 is 0 Å². The Bertz CT molecular complexity index is 541. The number of tetrazole rings is 1. The summed E-state index contributed by atoms with van der Waals surface area (Å²) in [4.78, 5) is 0. The standard InChI is InChI=1S/C13H18N4OS/c1-10-6-4-7-12(11(10)2)17-13(14-15-16-17)19-9-5-8-18-3/h4,6-7H,5,8-9H2,1-3H3. The highest BCUT2D eigenvalue weighted by atomic mass is 32.2. The number of rotatable bonds is 6. The topological polar surface area (TPSA) is 52.8 Å². The van der Waals surface area contributed by atoms with Crippen LogP contribution in [0.1, 0.15) is 17.5 Å². The van der Waals surface area contributed by atoms with Gasteiger partial charge in [0.05, 0.1) is 5.69 Å². The van der Waals surface area contributed by atoms with Crippen LogP contribution in [-0.4, -0.2) is 39.7 Å². The maximum Gasteiger partial charge on any atom is 0.214 e. The molecule has 0 saturated carbocycles. The molecule has 0 N–H and O–H groups in total. The first-order valence-electron chi connectivity index (χ1n) is 6.20. The number of methoxy groups -OCH3 is 1. The zero-order valence-electron chi connectivity index (χ0n) is 11.5. The maximum absolute atomic E-state index is 5.04. The SMILES string of the molecule is COCCCSc1nnnn1-c1cccc(C)c1C. The summed E-state index contributed by atoms with van der Waals surface area (Å²) in [6, 6.07) is 6.16. The first kappa shape index (κ1) is 14.0. The van der Waals surface area contributed by atoms with Crippen molar-refractivity contribution in [2.45, 2.75) is 25.4 Å². The molecule has 1 heterocycles. The van der Waals surface area contributed by atoms with E-state index in [1.165, 1.54) is 11.1 Å². The number of hydrogen-bond acceptors (Lipinski definition) is 5. The molecule has 0 spiro atoms. The van der Waals surface area contributed by atoms with Gasteiger partial charge >= 0.3 is 0 Å². The molecule has 0 aliphatic carbocycles. The number of hydrogen-bond donors (Lipinski definition) is 0. The quantitative estimate of drug-likeness (QED) is 0.600.